The molecule has 0 bridgehead atoms. The molecule has 1 aromatic carbocycles. The maximum absolute atomic E-state index is 5.93. The van der Waals surface area contributed by atoms with Crippen LogP contribution in [0.4, 0.5) is 0 Å². The lowest BCUT2D eigenvalue weighted by Crippen LogP contribution is -1.97. The minimum absolute atomic E-state index is 0.592. The van der Waals surface area contributed by atoms with Crippen molar-refractivity contribution >= 4 is 17.8 Å². The Balaban J connectivity index is 2.27. The van der Waals surface area contributed by atoms with Gasteiger partial charge in [0.25, 0.3) is 0 Å². The van der Waals surface area contributed by atoms with E-state index < -0.39 is 0 Å². The Labute approximate surface area is 104 Å². The lowest BCUT2D eigenvalue weighted by atomic mass is 10.2. The van der Waals surface area contributed by atoms with E-state index in [1.54, 1.807) is 18.3 Å². The summed E-state index contributed by atoms with van der Waals surface area (Å²) in [7, 11) is 0. The van der Waals surface area contributed by atoms with Gasteiger partial charge < -0.3 is 4.74 Å². The molecule has 6 heteroatoms. The van der Waals surface area contributed by atoms with Crippen LogP contribution in [0.1, 0.15) is 12.5 Å². The largest absolute Gasteiger partial charge is 0.493 e. The van der Waals surface area contributed by atoms with Crippen LogP contribution in [0.15, 0.2) is 36.0 Å². The van der Waals surface area contributed by atoms with Crippen LogP contribution in [-0.4, -0.2) is 27.7 Å². The van der Waals surface area contributed by atoms with Gasteiger partial charge in [-0.2, -0.15) is 5.10 Å². The van der Waals surface area contributed by atoms with Gasteiger partial charge in [0.15, 0.2) is 0 Å². The summed E-state index contributed by atoms with van der Waals surface area (Å²) < 4.78 is 6.97. The molecule has 1 heterocycles. The number of hydrogen-bond donors (Lipinski definition) is 0. The Morgan fingerprint density at radius 2 is 2.18 bits per heavy atom. The summed E-state index contributed by atoms with van der Waals surface area (Å²) in [6, 6.07) is 5.39. The fraction of sp³-hybridized carbons (Fsp3) is 0.182. The monoisotopic (exact) mass is 250 g/mol. The van der Waals surface area contributed by atoms with Gasteiger partial charge in [0, 0.05) is 10.6 Å². The Bertz CT molecular complexity index is 510. The smallest absolute Gasteiger partial charge is 0.141 e. The molecule has 2 rings (SSSR count). The van der Waals surface area contributed by atoms with E-state index in [1.165, 1.54) is 17.3 Å². The molecule has 1 aromatic heterocycles. The van der Waals surface area contributed by atoms with Gasteiger partial charge in [0.1, 0.15) is 18.4 Å². The number of benzene rings is 1. The highest BCUT2D eigenvalue weighted by Gasteiger charge is 2.01. The SMILES string of the molecule is CCOc1ccc(Cl)cc1/C=N\n1cnnc1. The topological polar surface area (TPSA) is 52.3 Å². The summed E-state index contributed by atoms with van der Waals surface area (Å²) in [5, 5.41) is 12.1. The fourth-order valence-electron chi connectivity index (χ4n) is 1.29. The van der Waals surface area contributed by atoms with Gasteiger partial charge in [-0.3, -0.25) is 0 Å². The van der Waals surface area contributed by atoms with E-state index in [0.717, 1.165) is 11.3 Å². The second-order valence-electron chi connectivity index (χ2n) is 3.20. The summed E-state index contributed by atoms with van der Waals surface area (Å²) in [6.45, 7) is 2.52. The Hall–Kier alpha value is -1.88. The van der Waals surface area contributed by atoms with Crippen molar-refractivity contribution in [1.82, 2.24) is 14.9 Å². The molecule has 0 N–H and O–H groups in total. The number of nitrogens with zero attached hydrogens (tertiary/aromatic N) is 4. The van der Waals surface area contributed by atoms with Gasteiger partial charge in [-0.25, -0.2) is 4.68 Å². The summed E-state index contributed by atoms with van der Waals surface area (Å²) in [5.41, 5.74) is 0.813. The molecule has 17 heavy (non-hydrogen) atoms. The molecule has 0 spiro atoms. The molecule has 0 amide bonds. The molecule has 0 fully saturated rings. The van der Waals surface area contributed by atoms with Gasteiger partial charge in [0.05, 0.1) is 12.8 Å². The van der Waals surface area contributed by atoms with Gasteiger partial charge in [-0.15, -0.1) is 10.2 Å². The number of aromatic nitrogens is 3. The van der Waals surface area contributed by atoms with Crippen molar-refractivity contribution in [2.75, 3.05) is 6.61 Å². The standard InChI is InChI=1S/C11H11ClN4O/c1-2-17-11-4-3-10(12)5-9(11)6-15-16-7-13-14-8-16/h3-8H,2H2,1H3/b15-6-. The van der Waals surface area contributed by atoms with Crippen molar-refractivity contribution in [3.63, 3.8) is 0 Å². The van der Waals surface area contributed by atoms with Crippen molar-refractivity contribution in [3.8, 4) is 5.75 Å². The minimum Gasteiger partial charge on any atom is -0.493 e. The average molecular weight is 251 g/mol. The van der Waals surface area contributed by atoms with Crippen LogP contribution in [0.25, 0.3) is 0 Å². The van der Waals surface area contributed by atoms with Crippen LogP contribution >= 0.6 is 11.6 Å². The second kappa shape index (κ2) is 5.45. The van der Waals surface area contributed by atoms with Crippen LogP contribution in [-0.2, 0) is 0 Å². The lowest BCUT2D eigenvalue weighted by molar-refractivity contribution is 0.340. The van der Waals surface area contributed by atoms with E-state index >= 15 is 0 Å². The Kier molecular flexibility index (Phi) is 3.72. The minimum atomic E-state index is 0.592. The van der Waals surface area contributed by atoms with Crippen LogP contribution in [0.2, 0.25) is 5.02 Å². The first-order valence-electron chi connectivity index (χ1n) is 5.11. The molecule has 0 aliphatic heterocycles. The molecule has 0 aliphatic carbocycles. The Morgan fingerprint density at radius 3 is 2.88 bits per heavy atom. The van der Waals surface area contributed by atoms with Crippen molar-refractivity contribution in [2.45, 2.75) is 6.92 Å². The average Bonchev–Trinajstić information content (AvgIpc) is 2.82. The van der Waals surface area contributed by atoms with E-state index in [1.807, 2.05) is 13.0 Å². The number of rotatable bonds is 4. The quantitative estimate of drug-likeness (QED) is 0.782. The first kappa shape index (κ1) is 11.6. The van der Waals surface area contributed by atoms with Crippen molar-refractivity contribution in [2.24, 2.45) is 5.10 Å². The maximum atomic E-state index is 5.93. The predicted octanol–water partition coefficient (Wildman–Crippen LogP) is 2.21. The normalized spacial score (nSPS) is 10.9. The molecular formula is C11H11ClN4O. The van der Waals surface area contributed by atoms with E-state index in [-0.39, 0.29) is 0 Å². The fourth-order valence-corrected chi connectivity index (χ4v) is 1.47. The molecule has 0 radical (unpaired) electrons. The number of halogens is 1. The van der Waals surface area contributed by atoms with Crippen molar-refractivity contribution in [3.05, 3.63) is 41.4 Å². The van der Waals surface area contributed by atoms with E-state index in [2.05, 4.69) is 15.3 Å². The molecule has 0 saturated heterocycles. The highest BCUT2D eigenvalue weighted by atomic mass is 35.5. The maximum Gasteiger partial charge on any atom is 0.141 e. The van der Waals surface area contributed by atoms with Crippen LogP contribution < -0.4 is 4.74 Å². The van der Waals surface area contributed by atoms with Crippen molar-refractivity contribution < 1.29 is 4.74 Å². The molecule has 2 aromatic rings. The zero-order valence-electron chi connectivity index (χ0n) is 9.25. The van der Waals surface area contributed by atoms with E-state index in [0.29, 0.717) is 11.6 Å². The van der Waals surface area contributed by atoms with Crippen LogP contribution in [0.5, 0.6) is 5.75 Å². The zero-order chi connectivity index (χ0) is 12.1. The zero-order valence-corrected chi connectivity index (χ0v) is 10.0. The van der Waals surface area contributed by atoms with Gasteiger partial charge in [-0.1, -0.05) is 11.6 Å². The number of ether oxygens (including phenoxy) is 1. The third-order valence-electron chi connectivity index (χ3n) is 2.01. The van der Waals surface area contributed by atoms with Crippen LogP contribution in [0.3, 0.4) is 0 Å². The second-order valence-corrected chi connectivity index (χ2v) is 3.64. The molecule has 5 nitrogen and oxygen atoms in total. The van der Waals surface area contributed by atoms with Gasteiger partial charge >= 0.3 is 0 Å². The van der Waals surface area contributed by atoms with E-state index in [9.17, 15) is 0 Å². The highest BCUT2D eigenvalue weighted by Crippen LogP contribution is 2.21. The van der Waals surface area contributed by atoms with Crippen molar-refractivity contribution in [1.29, 1.82) is 0 Å². The predicted molar refractivity (Wildman–Crippen MR) is 65.6 cm³/mol. The molecule has 0 saturated carbocycles. The first-order valence-corrected chi connectivity index (χ1v) is 5.48. The lowest BCUT2D eigenvalue weighted by Gasteiger charge is -2.06. The highest BCUT2D eigenvalue weighted by molar-refractivity contribution is 6.30. The summed E-state index contributed by atoms with van der Waals surface area (Å²) in [6.07, 6.45) is 4.66. The third kappa shape index (κ3) is 3.04. The van der Waals surface area contributed by atoms with Gasteiger partial charge in [-0.05, 0) is 25.1 Å². The Morgan fingerprint density at radius 1 is 1.41 bits per heavy atom. The molecule has 0 aliphatic rings. The summed E-state index contributed by atoms with van der Waals surface area (Å²) in [5.74, 6) is 0.744. The van der Waals surface area contributed by atoms with Gasteiger partial charge in [0.2, 0.25) is 0 Å². The molecule has 0 unspecified atom stereocenters. The first-order chi connectivity index (χ1) is 8.29. The summed E-state index contributed by atoms with van der Waals surface area (Å²) >= 11 is 5.93. The summed E-state index contributed by atoms with van der Waals surface area (Å²) in [4.78, 5) is 0. The van der Waals surface area contributed by atoms with Crippen LogP contribution in [0, 0.1) is 0 Å². The number of hydrogen-bond acceptors (Lipinski definition) is 4. The molecule has 88 valence electrons. The molecular weight excluding hydrogens is 240 g/mol. The third-order valence-corrected chi connectivity index (χ3v) is 2.24. The molecule has 0 atom stereocenters. The van der Waals surface area contributed by atoms with E-state index in [4.69, 9.17) is 16.3 Å².